The van der Waals surface area contributed by atoms with Gasteiger partial charge in [-0.2, -0.15) is 11.3 Å². The highest BCUT2D eigenvalue weighted by Gasteiger charge is 2.07. The lowest BCUT2D eigenvalue weighted by molar-refractivity contribution is 0.574. The lowest BCUT2D eigenvalue weighted by Crippen LogP contribution is -2.18. The smallest absolute Gasteiger partial charge is 0.0303 e. The van der Waals surface area contributed by atoms with E-state index in [0.717, 1.165) is 6.54 Å². The molecule has 1 heterocycles. The van der Waals surface area contributed by atoms with Gasteiger partial charge in [-0.15, -0.1) is 0 Å². The van der Waals surface area contributed by atoms with Crippen molar-refractivity contribution < 1.29 is 0 Å². The zero-order valence-electron chi connectivity index (χ0n) is 11.6. The number of benzene rings is 1. The molecule has 2 rings (SSSR count). The van der Waals surface area contributed by atoms with E-state index in [1.54, 1.807) is 11.3 Å². The molecule has 0 fully saturated rings. The molecule has 0 amide bonds. The Morgan fingerprint density at radius 3 is 2.50 bits per heavy atom. The summed E-state index contributed by atoms with van der Waals surface area (Å²) in [5, 5.41) is 7.94. The second-order valence-electron chi connectivity index (χ2n) is 5.02. The van der Waals surface area contributed by atoms with E-state index in [9.17, 15) is 0 Å². The van der Waals surface area contributed by atoms with Crippen molar-refractivity contribution in [3.63, 3.8) is 0 Å². The highest BCUT2D eigenvalue weighted by atomic mass is 32.1. The van der Waals surface area contributed by atoms with Crippen LogP contribution in [-0.2, 0) is 6.54 Å². The second kappa shape index (κ2) is 5.68. The van der Waals surface area contributed by atoms with E-state index in [1.807, 2.05) is 0 Å². The molecular formula is C16H21NS. The quantitative estimate of drug-likeness (QED) is 0.851. The number of thiophene rings is 1. The lowest BCUT2D eigenvalue weighted by Gasteiger charge is -2.15. The fourth-order valence-electron chi connectivity index (χ4n) is 2.11. The number of aryl methyl sites for hydroxylation is 3. The minimum atomic E-state index is 0.414. The van der Waals surface area contributed by atoms with Gasteiger partial charge in [-0.3, -0.25) is 0 Å². The number of hydrogen-bond donors (Lipinski definition) is 1. The Labute approximate surface area is 114 Å². The predicted octanol–water partition coefficient (Wildman–Crippen LogP) is 4.52. The molecule has 1 unspecified atom stereocenters. The molecule has 1 nitrogen and oxygen atoms in total. The third kappa shape index (κ3) is 3.01. The summed E-state index contributed by atoms with van der Waals surface area (Å²) in [6, 6.07) is 7.19. The summed E-state index contributed by atoms with van der Waals surface area (Å²) in [7, 11) is 0. The first kappa shape index (κ1) is 13.3. The maximum absolute atomic E-state index is 3.60. The van der Waals surface area contributed by atoms with Gasteiger partial charge >= 0.3 is 0 Å². The molecule has 1 N–H and O–H groups in total. The first-order valence-corrected chi connectivity index (χ1v) is 7.34. The van der Waals surface area contributed by atoms with Gasteiger partial charge in [0.1, 0.15) is 0 Å². The molecule has 0 aliphatic heterocycles. The topological polar surface area (TPSA) is 12.0 Å². The lowest BCUT2D eigenvalue weighted by atomic mass is 10.0. The van der Waals surface area contributed by atoms with Crippen LogP contribution in [0.15, 0.2) is 29.0 Å². The summed E-state index contributed by atoms with van der Waals surface area (Å²) >= 11 is 1.76. The van der Waals surface area contributed by atoms with Crippen molar-refractivity contribution in [2.45, 2.75) is 40.3 Å². The molecule has 96 valence electrons. The van der Waals surface area contributed by atoms with Crippen LogP contribution in [0.4, 0.5) is 0 Å². The Morgan fingerprint density at radius 1 is 1.11 bits per heavy atom. The van der Waals surface area contributed by atoms with Gasteiger partial charge in [0.25, 0.3) is 0 Å². The third-order valence-corrected chi connectivity index (χ3v) is 4.30. The van der Waals surface area contributed by atoms with Crippen LogP contribution in [-0.4, -0.2) is 0 Å². The van der Waals surface area contributed by atoms with Gasteiger partial charge in [-0.1, -0.05) is 12.1 Å². The molecule has 0 saturated heterocycles. The van der Waals surface area contributed by atoms with Crippen LogP contribution in [0.5, 0.6) is 0 Å². The molecule has 0 radical (unpaired) electrons. The first-order valence-electron chi connectivity index (χ1n) is 6.40. The Bertz CT molecular complexity index is 514. The van der Waals surface area contributed by atoms with E-state index in [4.69, 9.17) is 0 Å². The zero-order chi connectivity index (χ0) is 13.1. The van der Waals surface area contributed by atoms with E-state index in [2.05, 4.69) is 62.0 Å². The summed E-state index contributed by atoms with van der Waals surface area (Å²) in [4.78, 5) is 0. The Kier molecular flexibility index (Phi) is 4.20. The van der Waals surface area contributed by atoms with Crippen molar-refractivity contribution in [2.75, 3.05) is 0 Å². The average Bonchev–Trinajstić information content (AvgIpc) is 2.85. The van der Waals surface area contributed by atoms with Crippen molar-refractivity contribution in [3.05, 3.63) is 56.8 Å². The maximum atomic E-state index is 3.60. The SMILES string of the molecule is Cc1cc(C)c(CNC(C)c2ccsc2)cc1C. The molecule has 1 aromatic carbocycles. The van der Waals surface area contributed by atoms with Crippen LogP contribution >= 0.6 is 11.3 Å². The fourth-order valence-corrected chi connectivity index (χ4v) is 2.87. The van der Waals surface area contributed by atoms with Crippen LogP contribution in [0.3, 0.4) is 0 Å². The maximum Gasteiger partial charge on any atom is 0.0303 e. The van der Waals surface area contributed by atoms with Crippen LogP contribution < -0.4 is 5.32 Å². The standard InChI is InChI=1S/C16H21NS/c1-11-7-13(3)16(8-12(11)2)9-17-14(4)15-5-6-18-10-15/h5-8,10,14,17H,9H2,1-4H3. The van der Waals surface area contributed by atoms with Crippen LogP contribution in [0.1, 0.15) is 40.8 Å². The second-order valence-corrected chi connectivity index (χ2v) is 5.80. The number of rotatable bonds is 4. The van der Waals surface area contributed by atoms with Gasteiger partial charge in [-0.25, -0.2) is 0 Å². The zero-order valence-corrected chi connectivity index (χ0v) is 12.4. The fraction of sp³-hybridized carbons (Fsp3) is 0.375. The minimum Gasteiger partial charge on any atom is -0.306 e. The molecular weight excluding hydrogens is 238 g/mol. The highest BCUT2D eigenvalue weighted by Crippen LogP contribution is 2.19. The van der Waals surface area contributed by atoms with E-state index in [1.165, 1.54) is 27.8 Å². The Balaban J connectivity index is 2.04. The summed E-state index contributed by atoms with van der Waals surface area (Å²) in [5.41, 5.74) is 6.91. The monoisotopic (exact) mass is 259 g/mol. The Morgan fingerprint density at radius 2 is 1.83 bits per heavy atom. The summed E-state index contributed by atoms with van der Waals surface area (Å²) in [6.45, 7) is 9.70. The molecule has 0 saturated carbocycles. The van der Waals surface area contributed by atoms with Crippen molar-refractivity contribution in [1.82, 2.24) is 5.32 Å². The highest BCUT2D eigenvalue weighted by molar-refractivity contribution is 7.07. The van der Waals surface area contributed by atoms with Crippen molar-refractivity contribution in [1.29, 1.82) is 0 Å². The predicted molar refractivity (Wildman–Crippen MR) is 80.2 cm³/mol. The van der Waals surface area contributed by atoms with Crippen LogP contribution in [0, 0.1) is 20.8 Å². The molecule has 1 aromatic heterocycles. The van der Waals surface area contributed by atoms with Crippen LogP contribution in [0.25, 0.3) is 0 Å². The largest absolute Gasteiger partial charge is 0.306 e. The average molecular weight is 259 g/mol. The molecule has 0 aliphatic carbocycles. The van der Waals surface area contributed by atoms with Gasteiger partial charge in [0.05, 0.1) is 0 Å². The van der Waals surface area contributed by atoms with Gasteiger partial charge in [-0.05, 0) is 72.3 Å². The van der Waals surface area contributed by atoms with Crippen LogP contribution in [0.2, 0.25) is 0 Å². The molecule has 0 spiro atoms. The molecule has 0 aliphatic rings. The van der Waals surface area contributed by atoms with E-state index >= 15 is 0 Å². The van der Waals surface area contributed by atoms with Gasteiger partial charge < -0.3 is 5.32 Å². The molecule has 2 aromatic rings. The number of hydrogen-bond acceptors (Lipinski definition) is 2. The molecule has 1 atom stereocenters. The van der Waals surface area contributed by atoms with Gasteiger partial charge in [0.2, 0.25) is 0 Å². The van der Waals surface area contributed by atoms with Crippen molar-refractivity contribution in [2.24, 2.45) is 0 Å². The van der Waals surface area contributed by atoms with Crippen molar-refractivity contribution in [3.8, 4) is 0 Å². The normalized spacial score (nSPS) is 12.7. The van der Waals surface area contributed by atoms with E-state index in [-0.39, 0.29) is 0 Å². The first-order chi connectivity index (χ1) is 8.58. The summed E-state index contributed by atoms with van der Waals surface area (Å²) in [5.74, 6) is 0. The summed E-state index contributed by atoms with van der Waals surface area (Å²) in [6.07, 6.45) is 0. The molecule has 0 bridgehead atoms. The number of nitrogens with one attached hydrogen (secondary N) is 1. The van der Waals surface area contributed by atoms with E-state index < -0.39 is 0 Å². The van der Waals surface area contributed by atoms with Gasteiger partial charge in [0.15, 0.2) is 0 Å². The summed E-state index contributed by atoms with van der Waals surface area (Å²) < 4.78 is 0. The third-order valence-electron chi connectivity index (χ3n) is 3.59. The van der Waals surface area contributed by atoms with E-state index in [0.29, 0.717) is 6.04 Å². The van der Waals surface area contributed by atoms with Gasteiger partial charge in [0, 0.05) is 12.6 Å². The molecule has 2 heteroatoms. The molecule has 18 heavy (non-hydrogen) atoms. The van der Waals surface area contributed by atoms with Crippen molar-refractivity contribution >= 4 is 11.3 Å². The minimum absolute atomic E-state index is 0.414. The Hall–Kier alpha value is -1.12.